The number of Topliss-reactive ketones (excluding diaryl/α,β-unsaturated/α-hetero) is 1. The number of carbonyl (C=O) groups excluding carboxylic acids is 1. The summed E-state index contributed by atoms with van der Waals surface area (Å²) in [5.41, 5.74) is 4.49. The Morgan fingerprint density at radius 2 is 1.83 bits per heavy atom. The first-order valence-electron chi connectivity index (χ1n) is 9.55. The van der Waals surface area contributed by atoms with Crippen molar-refractivity contribution in [2.45, 2.75) is 44.8 Å². The molecular formula is C23H21F3O3. The van der Waals surface area contributed by atoms with Gasteiger partial charge >= 0.3 is 6.36 Å². The Balaban J connectivity index is 1.63. The fourth-order valence-corrected chi connectivity index (χ4v) is 4.11. The van der Waals surface area contributed by atoms with Crippen molar-refractivity contribution in [1.82, 2.24) is 0 Å². The molecule has 0 N–H and O–H groups in total. The minimum Gasteiger partial charge on any atom is -0.482 e. The van der Waals surface area contributed by atoms with Gasteiger partial charge in [-0.1, -0.05) is 43.0 Å². The van der Waals surface area contributed by atoms with Crippen molar-refractivity contribution >= 4 is 5.78 Å². The Morgan fingerprint density at radius 3 is 2.48 bits per heavy atom. The van der Waals surface area contributed by atoms with E-state index in [1.165, 1.54) is 0 Å². The van der Waals surface area contributed by atoms with E-state index < -0.39 is 30.3 Å². The van der Waals surface area contributed by atoms with Crippen molar-refractivity contribution in [3.8, 4) is 16.9 Å². The van der Waals surface area contributed by atoms with Crippen LogP contribution in [0.2, 0.25) is 0 Å². The van der Waals surface area contributed by atoms with Crippen LogP contribution in [0, 0.1) is 5.92 Å². The van der Waals surface area contributed by atoms with Crippen LogP contribution >= 0.6 is 0 Å². The highest BCUT2D eigenvalue weighted by Crippen LogP contribution is 2.44. The first-order valence-corrected chi connectivity index (χ1v) is 9.55. The number of ketones is 1. The third kappa shape index (κ3) is 3.81. The fraction of sp³-hybridized carbons (Fsp3) is 0.348. The topological polar surface area (TPSA) is 35.5 Å². The van der Waals surface area contributed by atoms with E-state index in [1.807, 2.05) is 36.4 Å². The lowest BCUT2D eigenvalue weighted by Gasteiger charge is -2.40. The van der Waals surface area contributed by atoms with E-state index in [1.54, 1.807) is 13.0 Å². The summed E-state index contributed by atoms with van der Waals surface area (Å²) in [6.07, 6.45) is -5.55. The molecule has 2 aromatic rings. The van der Waals surface area contributed by atoms with Crippen molar-refractivity contribution in [2.24, 2.45) is 5.92 Å². The van der Waals surface area contributed by atoms with Gasteiger partial charge in [0.25, 0.3) is 0 Å². The van der Waals surface area contributed by atoms with Gasteiger partial charge in [-0.05, 0) is 48.1 Å². The molecule has 0 amide bonds. The number of fused-ring (bicyclic) bond motifs is 3. The van der Waals surface area contributed by atoms with Gasteiger partial charge in [0.05, 0.1) is 6.10 Å². The number of alkyl halides is 3. The normalized spacial score (nSPS) is 21.0. The minimum absolute atomic E-state index is 0.242. The smallest absolute Gasteiger partial charge is 0.482 e. The molecule has 0 aliphatic heterocycles. The first-order chi connectivity index (χ1) is 13.7. The SMILES string of the molecule is C=C(C)C(=O)C(Oc1cccc2c1Cc1ccccc1-2)C1CCC1OC(F)(F)F. The van der Waals surface area contributed by atoms with Gasteiger partial charge in [-0.3, -0.25) is 9.53 Å². The van der Waals surface area contributed by atoms with Crippen molar-refractivity contribution < 1.29 is 27.4 Å². The molecule has 1 saturated carbocycles. The Morgan fingerprint density at radius 1 is 1.10 bits per heavy atom. The van der Waals surface area contributed by atoms with Crippen LogP contribution in [-0.4, -0.2) is 24.4 Å². The van der Waals surface area contributed by atoms with Gasteiger partial charge in [0.15, 0.2) is 11.9 Å². The molecule has 152 valence electrons. The summed E-state index contributed by atoms with van der Waals surface area (Å²) in [5.74, 6) is -0.532. The van der Waals surface area contributed by atoms with E-state index >= 15 is 0 Å². The van der Waals surface area contributed by atoms with Crippen molar-refractivity contribution in [3.63, 3.8) is 0 Å². The minimum atomic E-state index is -4.74. The Kier molecular flexibility index (Phi) is 4.99. The van der Waals surface area contributed by atoms with Gasteiger partial charge in [0.1, 0.15) is 5.75 Å². The number of halogens is 3. The summed E-state index contributed by atoms with van der Waals surface area (Å²) in [6, 6.07) is 13.6. The zero-order valence-corrected chi connectivity index (χ0v) is 16.0. The lowest BCUT2D eigenvalue weighted by molar-refractivity contribution is -0.360. The van der Waals surface area contributed by atoms with Crippen molar-refractivity contribution in [1.29, 1.82) is 0 Å². The quantitative estimate of drug-likeness (QED) is 0.513. The van der Waals surface area contributed by atoms with Gasteiger partial charge < -0.3 is 4.74 Å². The molecule has 29 heavy (non-hydrogen) atoms. The van der Waals surface area contributed by atoms with E-state index in [0.717, 1.165) is 22.3 Å². The standard InChI is InChI=1S/C23H21F3O3/c1-13(2)21(27)22(17-10-11-20(17)29-23(24,25)26)28-19-9-5-8-16-15-7-4-3-6-14(15)12-18(16)19/h3-9,17,20,22H,1,10-12H2,2H3. The van der Waals surface area contributed by atoms with Crippen LogP contribution in [0.3, 0.4) is 0 Å². The van der Waals surface area contributed by atoms with Gasteiger partial charge in [-0.25, -0.2) is 0 Å². The summed E-state index contributed by atoms with van der Waals surface area (Å²) in [5, 5.41) is 0. The molecule has 0 spiro atoms. The van der Waals surface area contributed by atoms with Crippen LogP contribution in [0.5, 0.6) is 5.75 Å². The summed E-state index contributed by atoms with van der Waals surface area (Å²) in [7, 11) is 0. The second-order valence-electron chi connectivity index (χ2n) is 7.64. The van der Waals surface area contributed by atoms with Crippen LogP contribution in [0.15, 0.2) is 54.6 Å². The summed E-state index contributed by atoms with van der Waals surface area (Å²) in [4.78, 5) is 12.7. The monoisotopic (exact) mass is 402 g/mol. The second kappa shape index (κ2) is 7.34. The highest BCUT2D eigenvalue weighted by Gasteiger charge is 2.48. The predicted octanol–water partition coefficient (Wildman–Crippen LogP) is 5.47. The predicted molar refractivity (Wildman–Crippen MR) is 103 cm³/mol. The third-order valence-electron chi connectivity index (χ3n) is 5.68. The number of hydrogen-bond acceptors (Lipinski definition) is 3. The van der Waals surface area contributed by atoms with Crippen LogP contribution in [0.1, 0.15) is 30.9 Å². The summed E-state index contributed by atoms with van der Waals surface area (Å²) in [6.45, 7) is 5.21. The molecule has 3 atom stereocenters. The molecule has 3 unspecified atom stereocenters. The third-order valence-corrected chi connectivity index (χ3v) is 5.68. The highest BCUT2D eigenvalue weighted by atomic mass is 19.4. The molecule has 0 saturated heterocycles. The van der Waals surface area contributed by atoms with Gasteiger partial charge in [-0.15, -0.1) is 13.2 Å². The van der Waals surface area contributed by atoms with Crippen molar-refractivity contribution in [3.05, 3.63) is 65.7 Å². The van der Waals surface area contributed by atoms with Crippen LogP contribution in [-0.2, 0) is 16.0 Å². The molecule has 0 heterocycles. The summed E-state index contributed by atoms with van der Waals surface area (Å²) >= 11 is 0. The van der Waals surface area contributed by atoms with Crippen LogP contribution < -0.4 is 4.74 Å². The molecule has 1 fully saturated rings. The van der Waals surface area contributed by atoms with E-state index in [-0.39, 0.29) is 12.0 Å². The van der Waals surface area contributed by atoms with Gasteiger partial charge in [0, 0.05) is 17.9 Å². The highest BCUT2D eigenvalue weighted by molar-refractivity contribution is 5.98. The van der Waals surface area contributed by atoms with E-state index in [4.69, 9.17) is 4.74 Å². The zero-order chi connectivity index (χ0) is 20.8. The maximum absolute atomic E-state index is 12.7. The van der Waals surface area contributed by atoms with Crippen LogP contribution in [0.4, 0.5) is 13.2 Å². The number of benzene rings is 2. The average molecular weight is 402 g/mol. The molecule has 0 aromatic heterocycles. The van der Waals surface area contributed by atoms with Crippen LogP contribution in [0.25, 0.3) is 11.1 Å². The molecule has 2 aliphatic carbocycles. The lowest BCUT2D eigenvalue weighted by atomic mass is 9.75. The average Bonchev–Trinajstić information content (AvgIpc) is 3.03. The Bertz CT molecular complexity index is 964. The molecular weight excluding hydrogens is 381 g/mol. The maximum atomic E-state index is 12.7. The number of carbonyl (C=O) groups is 1. The lowest BCUT2D eigenvalue weighted by Crippen LogP contribution is -2.50. The van der Waals surface area contributed by atoms with E-state index in [0.29, 0.717) is 18.6 Å². The molecule has 6 heteroatoms. The molecule has 3 nitrogen and oxygen atoms in total. The number of ether oxygens (including phenoxy) is 2. The Hall–Kier alpha value is -2.60. The van der Waals surface area contributed by atoms with Gasteiger partial charge in [-0.2, -0.15) is 0 Å². The largest absolute Gasteiger partial charge is 0.522 e. The molecule has 0 radical (unpaired) electrons. The number of rotatable bonds is 6. The fourth-order valence-electron chi connectivity index (χ4n) is 4.11. The maximum Gasteiger partial charge on any atom is 0.522 e. The van der Waals surface area contributed by atoms with E-state index in [2.05, 4.69) is 11.3 Å². The first kappa shape index (κ1) is 19.7. The molecule has 2 aliphatic rings. The number of hydrogen-bond donors (Lipinski definition) is 0. The Labute approximate surface area is 167 Å². The summed E-state index contributed by atoms with van der Waals surface area (Å²) < 4.78 is 48.5. The van der Waals surface area contributed by atoms with Gasteiger partial charge in [0.2, 0.25) is 0 Å². The molecule has 2 aromatic carbocycles. The molecule has 4 rings (SSSR count). The zero-order valence-electron chi connectivity index (χ0n) is 16.0. The second-order valence-corrected chi connectivity index (χ2v) is 7.64. The molecule has 0 bridgehead atoms. The van der Waals surface area contributed by atoms with E-state index in [9.17, 15) is 18.0 Å². The van der Waals surface area contributed by atoms with Crippen molar-refractivity contribution in [2.75, 3.05) is 0 Å².